The Labute approximate surface area is 164 Å². The third-order valence-corrected chi connectivity index (χ3v) is 5.94. The van der Waals surface area contributed by atoms with Gasteiger partial charge >= 0.3 is 5.97 Å². The maximum atomic E-state index is 14.1. The van der Waals surface area contributed by atoms with Gasteiger partial charge in [-0.05, 0) is 41.8 Å². The molecule has 1 atom stereocenters. The number of rotatable bonds is 5. The number of alkyl halides is 2. The largest absolute Gasteiger partial charge is 0.444 e. The van der Waals surface area contributed by atoms with Crippen molar-refractivity contribution in [3.63, 3.8) is 0 Å². The van der Waals surface area contributed by atoms with Crippen LogP contribution < -0.4 is 0 Å². The SMILES string of the molecule is CCC1(C(F)F)OC(=O)C(c2ccc(F)c(F)c2)=C1c1ccc(S(C)(=O)=O)cc1. The van der Waals surface area contributed by atoms with Gasteiger partial charge in [-0.2, -0.15) is 0 Å². The first kappa shape index (κ1) is 21.0. The van der Waals surface area contributed by atoms with E-state index in [1.807, 2.05) is 0 Å². The first-order valence-corrected chi connectivity index (χ1v) is 10.4. The van der Waals surface area contributed by atoms with Gasteiger partial charge in [0, 0.05) is 11.8 Å². The highest BCUT2D eigenvalue weighted by atomic mass is 32.2. The molecule has 2 aromatic carbocycles. The van der Waals surface area contributed by atoms with E-state index in [-0.39, 0.29) is 33.6 Å². The summed E-state index contributed by atoms with van der Waals surface area (Å²) >= 11 is 0. The van der Waals surface area contributed by atoms with Crippen LogP contribution in [0.1, 0.15) is 24.5 Å². The van der Waals surface area contributed by atoms with E-state index in [1.54, 1.807) is 0 Å². The second-order valence-corrected chi connectivity index (χ2v) is 8.62. The number of benzene rings is 2. The lowest BCUT2D eigenvalue weighted by atomic mass is 9.83. The van der Waals surface area contributed by atoms with E-state index >= 15 is 0 Å². The molecule has 0 saturated heterocycles. The molecule has 154 valence electrons. The third kappa shape index (κ3) is 3.55. The number of ether oxygens (including phenoxy) is 1. The van der Waals surface area contributed by atoms with Crippen LogP contribution in [-0.2, 0) is 19.4 Å². The summed E-state index contributed by atoms with van der Waals surface area (Å²) in [6.07, 6.45) is -2.40. The molecule has 0 aromatic heterocycles. The molecule has 0 spiro atoms. The molecule has 0 amide bonds. The van der Waals surface area contributed by atoms with Crippen LogP contribution in [0.3, 0.4) is 0 Å². The molecule has 0 saturated carbocycles. The summed E-state index contributed by atoms with van der Waals surface area (Å²) in [5, 5.41) is 0. The van der Waals surface area contributed by atoms with Crippen molar-refractivity contribution in [1.82, 2.24) is 0 Å². The number of halogens is 4. The minimum atomic E-state index is -3.53. The fourth-order valence-corrected chi connectivity index (χ4v) is 3.94. The monoisotopic (exact) mass is 428 g/mol. The first-order chi connectivity index (χ1) is 13.5. The molecule has 29 heavy (non-hydrogen) atoms. The molecule has 1 heterocycles. The van der Waals surface area contributed by atoms with Crippen LogP contribution in [0.25, 0.3) is 11.1 Å². The fraction of sp³-hybridized carbons (Fsp3) is 0.250. The predicted octanol–water partition coefficient (Wildman–Crippen LogP) is 4.25. The number of hydrogen-bond acceptors (Lipinski definition) is 4. The number of carbonyl (C=O) groups excluding carboxylic acids is 1. The van der Waals surface area contributed by atoms with Gasteiger partial charge in [-0.1, -0.05) is 25.1 Å². The molecule has 0 aliphatic carbocycles. The van der Waals surface area contributed by atoms with Crippen molar-refractivity contribution in [3.8, 4) is 0 Å². The minimum absolute atomic E-state index is 0.0411. The van der Waals surface area contributed by atoms with Crippen molar-refractivity contribution >= 4 is 27.0 Å². The standard InChI is InChI=1S/C20H16F4O4S/c1-3-20(19(23)24)17(11-4-7-13(8-5-11)29(2,26)27)16(18(25)28-20)12-6-9-14(21)15(22)10-12/h4-10,19H,3H2,1-2H3. The molecule has 0 N–H and O–H groups in total. The van der Waals surface area contributed by atoms with Gasteiger partial charge in [-0.25, -0.2) is 30.8 Å². The van der Waals surface area contributed by atoms with Crippen molar-refractivity contribution in [2.75, 3.05) is 6.26 Å². The number of cyclic esters (lactones) is 1. The minimum Gasteiger partial charge on any atom is -0.444 e. The second-order valence-electron chi connectivity index (χ2n) is 6.61. The maximum Gasteiger partial charge on any atom is 0.340 e. The molecule has 4 nitrogen and oxygen atoms in total. The van der Waals surface area contributed by atoms with Crippen molar-refractivity contribution in [3.05, 3.63) is 65.2 Å². The van der Waals surface area contributed by atoms with Crippen molar-refractivity contribution in [1.29, 1.82) is 0 Å². The number of carbonyl (C=O) groups is 1. The average molecular weight is 428 g/mol. The summed E-state index contributed by atoms with van der Waals surface area (Å²) in [5.74, 6) is -3.50. The summed E-state index contributed by atoms with van der Waals surface area (Å²) in [6, 6.07) is 7.60. The number of sulfone groups is 1. The summed E-state index contributed by atoms with van der Waals surface area (Å²) in [5.41, 5.74) is -2.83. The molecule has 2 aromatic rings. The molecule has 0 fully saturated rings. The Morgan fingerprint density at radius 3 is 2.07 bits per heavy atom. The zero-order valence-corrected chi connectivity index (χ0v) is 16.2. The van der Waals surface area contributed by atoms with E-state index in [1.165, 1.54) is 31.2 Å². The molecule has 0 bridgehead atoms. The predicted molar refractivity (Wildman–Crippen MR) is 97.8 cm³/mol. The van der Waals surface area contributed by atoms with E-state index < -0.39 is 39.5 Å². The lowest BCUT2D eigenvalue weighted by Gasteiger charge is -2.29. The lowest BCUT2D eigenvalue weighted by Crippen LogP contribution is -2.38. The molecule has 9 heteroatoms. The van der Waals surface area contributed by atoms with Crippen LogP contribution in [0.4, 0.5) is 17.6 Å². The van der Waals surface area contributed by atoms with Crippen LogP contribution in [0.2, 0.25) is 0 Å². The normalized spacial score (nSPS) is 19.8. The van der Waals surface area contributed by atoms with Crippen LogP contribution in [0, 0.1) is 11.6 Å². The van der Waals surface area contributed by atoms with E-state index in [0.717, 1.165) is 24.5 Å². The molecule has 0 radical (unpaired) electrons. The van der Waals surface area contributed by atoms with Crippen molar-refractivity contribution < 1.29 is 35.5 Å². The van der Waals surface area contributed by atoms with Crippen molar-refractivity contribution in [2.45, 2.75) is 30.3 Å². The summed E-state index contributed by atoms with van der Waals surface area (Å²) < 4.78 is 83.6. The second kappa shape index (κ2) is 7.29. The smallest absolute Gasteiger partial charge is 0.340 e. The quantitative estimate of drug-likeness (QED) is 0.528. The maximum absolute atomic E-state index is 14.1. The Hall–Kier alpha value is -2.68. The molecule has 1 aliphatic rings. The Morgan fingerprint density at radius 1 is 1.00 bits per heavy atom. The number of hydrogen-bond donors (Lipinski definition) is 0. The summed E-state index contributed by atoms with van der Waals surface area (Å²) in [6.45, 7) is 1.40. The van der Waals surface area contributed by atoms with E-state index in [2.05, 4.69) is 0 Å². The Bertz CT molecular complexity index is 1110. The number of esters is 1. The Kier molecular flexibility index (Phi) is 5.29. The zero-order valence-electron chi connectivity index (χ0n) is 15.4. The molecule has 1 unspecified atom stereocenters. The Balaban J connectivity index is 2.32. The van der Waals surface area contributed by atoms with Gasteiger partial charge in [0.2, 0.25) is 0 Å². The Morgan fingerprint density at radius 2 is 1.59 bits per heavy atom. The summed E-state index contributed by atoms with van der Waals surface area (Å²) in [7, 11) is -3.53. The topological polar surface area (TPSA) is 60.4 Å². The zero-order chi connectivity index (χ0) is 21.6. The lowest BCUT2D eigenvalue weighted by molar-refractivity contribution is -0.156. The van der Waals surface area contributed by atoms with Crippen molar-refractivity contribution in [2.24, 2.45) is 0 Å². The first-order valence-electron chi connectivity index (χ1n) is 8.53. The average Bonchev–Trinajstić information content (AvgIpc) is 2.97. The van der Waals surface area contributed by atoms with Crippen LogP contribution in [0.15, 0.2) is 47.4 Å². The van der Waals surface area contributed by atoms with Crippen LogP contribution in [-0.4, -0.2) is 32.7 Å². The van der Waals surface area contributed by atoms with Gasteiger partial charge in [0.05, 0.1) is 10.5 Å². The highest BCUT2D eigenvalue weighted by Crippen LogP contribution is 2.49. The van der Waals surface area contributed by atoms with E-state index in [4.69, 9.17) is 4.74 Å². The molecule has 3 rings (SSSR count). The highest BCUT2D eigenvalue weighted by Gasteiger charge is 2.54. The molecular formula is C20H16F4O4S. The molecule has 1 aliphatic heterocycles. The van der Waals surface area contributed by atoms with Gasteiger partial charge in [-0.3, -0.25) is 0 Å². The highest BCUT2D eigenvalue weighted by molar-refractivity contribution is 7.90. The molecular weight excluding hydrogens is 412 g/mol. The van der Waals surface area contributed by atoms with Crippen LogP contribution >= 0.6 is 0 Å². The van der Waals surface area contributed by atoms with Gasteiger partial charge in [0.1, 0.15) is 0 Å². The van der Waals surface area contributed by atoms with Gasteiger partial charge < -0.3 is 4.74 Å². The van der Waals surface area contributed by atoms with Gasteiger partial charge in [-0.15, -0.1) is 0 Å². The van der Waals surface area contributed by atoms with Gasteiger partial charge in [0.25, 0.3) is 6.43 Å². The third-order valence-electron chi connectivity index (χ3n) is 4.81. The van der Waals surface area contributed by atoms with Crippen LogP contribution in [0.5, 0.6) is 0 Å². The van der Waals surface area contributed by atoms with Gasteiger partial charge in [0.15, 0.2) is 27.1 Å². The fourth-order valence-electron chi connectivity index (χ4n) is 3.31. The summed E-state index contributed by atoms with van der Waals surface area (Å²) in [4.78, 5) is 12.5. The van der Waals surface area contributed by atoms with E-state index in [0.29, 0.717) is 0 Å². The van der Waals surface area contributed by atoms with E-state index in [9.17, 15) is 30.8 Å².